The molecule has 0 aliphatic rings. The summed E-state index contributed by atoms with van der Waals surface area (Å²) in [6, 6.07) is 5.17. The number of hydrogen-bond donors (Lipinski definition) is 2. The lowest BCUT2D eigenvalue weighted by Crippen LogP contribution is -2.20. The molecule has 0 radical (unpaired) electrons. The lowest BCUT2D eigenvalue weighted by molar-refractivity contribution is -0.121. The molecule has 0 aliphatic heterocycles. The first kappa shape index (κ1) is 14.8. The minimum absolute atomic E-state index is 0.100. The van der Waals surface area contributed by atoms with Crippen molar-refractivity contribution in [2.45, 2.75) is 13.3 Å². The maximum atomic E-state index is 11.1. The number of amides is 1. The third-order valence-electron chi connectivity index (χ3n) is 2.59. The Hall–Kier alpha value is -2.24. The summed E-state index contributed by atoms with van der Waals surface area (Å²) in [5, 5.41) is 14.5. The lowest BCUT2D eigenvalue weighted by Gasteiger charge is -2.12. The molecule has 1 amide bonds. The van der Waals surface area contributed by atoms with Gasteiger partial charge < -0.3 is 20.0 Å². The number of ether oxygens (including phenoxy) is 2. The largest absolute Gasteiger partial charge is 0.497 e. The van der Waals surface area contributed by atoms with E-state index < -0.39 is 0 Å². The molecule has 6 nitrogen and oxygen atoms in total. The maximum Gasteiger partial charge on any atom is 0.223 e. The molecule has 0 saturated heterocycles. The van der Waals surface area contributed by atoms with Crippen LogP contribution in [0.1, 0.15) is 18.9 Å². The topological polar surface area (TPSA) is 80.2 Å². The van der Waals surface area contributed by atoms with E-state index >= 15 is 0 Å². The van der Waals surface area contributed by atoms with Crippen molar-refractivity contribution in [3.8, 4) is 11.5 Å². The molecule has 0 heterocycles. The Morgan fingerprint density at radius 1 is 1.47 bits per heavy atom. The molecule has 1 aromatic carbocycles. The molecular formula is C13H18N2O4. The predicted octanol–water partition coefficient (Wildman–Crippen LogP) is 1.41. The average molecular weight is 266 g/mol. The zero-order chi connectivity index (χ0) is 14.3. The van der Waals surface area contributed by atoms with Gasteiger partial charge in [0.15, 0.2) is 0 Å². The van der Waals surface area contributed by atoms with Crippen molar-refractivity contribution in [1.29, 1.82) is 0 Å². The highest BCUT2D eigenvalue weighted by Crippen LogP contribution is 2.25. The van der Waals surface area contributed by atoms with E-state index in [0.717, 1.165) is 0 Å². The highest BCUT2D eigenvalue weighted by atomic mass is 16.5. The van der Waals surface area contributed by atoms with Gasteiger partial charge in [-0.15, -0.1) is 0 Å². The molecule has 0 bridgehead atoms. The summed E-state index contributed by atoms with van der Waals surface area (Å²) in [5.41, 5.74) is 1.08. The van der Waals surface area contributed by atoms with Gasteiger partial charge in [-0.1, -0.05) is 5.16 Å². The number of carbonyl (C=O) groups excluding carboxylic acids is 1. The van der Waals surface area contributed by atoms with Crippen molar-refractivity contribution in [3.63, 3.8) is 0 Å². The highest BCUT2D eigenvalue weighted by Gasteiger charge is 2.10. The molecule has 2 N–H and O–H groups in total. The van der Waals surface area contributed by atoms with Crippen LogP contribution in [-0.4, -0.2) is 37.6 Å². The van der Waals surface area contributed by atoms with E-state index in [1.807, 2.05) is 0 Å². The van der Waals surface area contributed by atoms with Gasteiger partial charge in [0.25, 0.3) is 0 Å². The molecule has 104 valence electrons. The van der Waals surface area contributed by atoms with Crippen LogP contribution in [0.25, 0.3) is 0 Å². The maximum absolute atomic E-state index is 11.1. The normalized spacial score (nSPS) is 11.0. The number of hydrogen-bond acceptors (Lipinski definition) is 5. The van der Waals surface area contributed by atoms with Crippen LogP contribution in [0, 0.1) is 0 Å². The average Bonchev–Trinajstić information content (AvgIpc) is 2.45. The second kappa shape index (κ2) is 7.25. The van der Waals surface area contributed by atoms with Crippen molar-refractivity contribution >= 4 is 11.6 Å². The fraction of sp³-hybridized carbons (Fsp3) is 0.385. The zero-order valence-corrected chi connectivity index (χ0v) is 11.3. The number of rotatable bonds is 6. The Bertz CT molecular complexity index is 472. The minimum Gasteiger partial charge on any atom is -0.497 e. The summed E-state index contributed by atoms with van der Waals surface area (Å²) in [6.07, 6.45) is 0.252. The van der Waals surface area contributed by atoms with Crippen LogP contribution >= 0.6 is 0 Å². The van der Waals surface area contributed by atoms with Crippen LogP contribution < -0.4 is 14.8 Å². The van der Waals surface area contributed by atoms with Gasteiger partial charge in [0.05, 0.1) is 25.8 Å². The van der Waals surface area contributed by atoms with Gasteiger partial charge >= 0.3 is 0 Å². The van der Waals surface area contributed by atoms with Crippen molar-refractivity contribution in [2.24, 2.45) is 5.16 Å². The Kier molecular flexibility index (Phi) is 5.66. The number of benzene rings is 1. The molecule has 1 aromatic rings. The van der Waals surface area contributed by atoms with Crippen LogP contribution in [0.15, 0.2) is 23.4 Å². The smallest absolute Gasteiger partial charge is 0.223 e. The van der Waals surface area contributed by atoms with E-state index in [-0.39, 0.29) is 18.9 Å². The number of carbonyl (C=O) groups is 1. The second-order valence-electron chi connectivity index (χ2n) is 3.82. The first-order valence-corrected chi connectivity index (χ1v) is 5.82. The Labute approximate surface area is 112 Å². The molecule has 6 heteroatoms. The van der Waals surface area contributed by atoms with Gasteiger partial charge in [-0.25, -0.2) is 0 Å². The van der Waals surface area contributed by atoms with Gasteiger partial charge in [0, 0.05) is 18.7 Å². The first-order valence-electron chi connectivity index (χ1n) is 5.82. The third kappa shape index (κ3) is 4.17. The minimum atomic E-state index is -0.100. The molecule has 0 atom stereocenters. The van der Waals surface area contributed by atoms with E-state index in [1.165, 1.54) is 0 Å². The predicted molar refractivity (Wildman–Crippen MR) is 71.2 cm³/mol. The first-order chi connectivity index (χ1) is 9.12. The van der Waals surface area contributed by atoms with Crippen molar-refractivity contribution < 1.29 is 19.5 Å². The van der Waals surface area contributed by atoms with Crippen LogP contribution in [0.4, 0.5) is 0 Å². The third-order valence-corrected chi connectivity index (χ3v) is 2.59. The van der Waals surface area contributed by atoms with Crippen molar-refractivity contribution in [3.05, 3.63) is 23.8 Å². The quantitative estimate of drug-likeness (QED) is 0.463. The van der Waals surface area contributed by atoms with E-state index in [4.69, 9.17) is 14.7 Å². The molecule has 0 fully saturated rings. The Balaban J connectivity index is 2.86. The van der Waals surface area contributed by atoms with Crippen LogP contribution in [0.3, 0.4) is 0 Å². The van der Waals surface area contributed by atoms with Gasteiger partial charge in [0.1, 0.15) is 11.5 Å². The van der Waals surface area contributed by atoms with E-state index in [2.05, 4.69) is 10.5 Å². The van der Waals surface area contributed by atoms with Crippen LogP contribution in [0.2, 0.25) is 0 Å². The molecule has 0 aliphatic carbocycles. The Morgan fingerprint density at radius 3 is 2.79 bits per heavy atom. The summed E-state index contributed by atoms with van der Waals surface area (Å²) < 4.78 is 10.7. The van der Waals surface area contributed by atoms with Crippen LogP contribution in [-0.2, 0) is 4.79 Å². The molecule has 0 saturated carbocycles. The monoisotopic (exact) mass is 266 g/mol. The van der Waals surface area contributed by atoms with Gasteiger partial charge in [-0.05, 0) is 19.1 Å². The molecule has 0 unspecified atom stereocenters. The zero-order valence-electron chi connectivity index (χ0n) is 11.3. The van der Waals surface area contributed by atoms with Crippen LogP contribution in [0.5, 0.6) is 11.5 Å². The van der Waals surface area contributed by atoms with E-state index in [0.29, 0.717) is 22.8 Å². The molecule has 1 rings (SSSR count). The summed E-state index contributed by atoms with van der Waals surface area (Å²) >= 11 is 0. The second-order valence-corrected chi connectivity index (χ2v) is 3.82. The molecule has 19 heavy (non-hydrogen) atoms. The fourth-order valence-corrected chi connectivity index (χ4v) is 1.48. The molecular weight excluding hydrogens is 248 g/mol. The van der Waals surface area contributed by atoms with Gasteiger partial charge in [0.2, 0.25) is 5.91 Å². The van der Waals surface area contributed by atoms with E-state index in [1.54, 1.807) is 39.3 Å². The molecule has 0 spiro atoms. The number of nitrogens with zero attached hydrogens (tertiary/aromatic N) is 1. The summed E-state index contributed by atoms with van der Waals surface area (Å²) in [4.78, 5) is 11.1. The standard InChI is InChI=1S/C13H18N2O4/c1-9(15-17)11-5-4-10(18-3)8-12(11)19-7-6-13(16)14-2/h4-5,8,17H,6-7H2,1-3H3,(H,14,16)/b15-9+. The Morgan fingerprint density at radius 2 is 2.21 bits per heavy atom. The summed E-state index contributed by atoms with van der Waals surface area (Å²) in [6.45, 7) is 1.89. The highest BCUT2D eigenvalue weighted by molar-refractivity contribution is 6.00. The number of oxime groups is 1. The lowest BCUT2D eigenvalue weighted by atomic mass is 10.1. The SMILES string of the molecule is CNC(=O)CCOc1cc(OC)ccc1/C(C)=N/O. The van der Waals surface area contributed by atoms with Gasteiger partial charge in [-0.2, -0.15) is 0 Å². The molecule has 0 aromatic heterocycles. The van der Waals surface area contributed by atoms with Crippen molar-refractivity contribution in [2.75, 3.05) is 20.8 Å². The number of methoxy groups -OCH3 is 1. The fourth-order valence-electron chi connectivity index (χ4n) is 1.48. The van der Waals surface area contributed by atoms with Crippen molar-refractivity contribution in [1.82, 2.24) is 5.32 Å². The summed E-state index contributed by atoms with van der Waals surface area (Å²) in [7, 11) is 3.12. The van der Waals surface area contributed by atoms with E-state index in [9.17, 15) is 4.79 Å². The number of nitrogens with one attached hydrogen (secondary N) is 1. The summed E-state index contributed by atoms with van der Waals surface area (Å²) in [5.74, 6) is 1.04. The van der Waals surface area contributed by atoms with Gasteiger partial charge in [-0.3, -0.25) is 4.79 Å².